The van der Waals surface area contributed by atoms with Gasteiger partial charge in [-0.1, -0.05) is 154 Å². The molecule has 0 amide bonds. The first-order chi connectivity index (χ1) is 26.3. The zero-order chi connectivity index (χ0) is 36.7. The second kappa shape index (κ2) is 12.3. The summed E-state index contributed by atoms with van der Waals surface area (Å²) < 4.78 is 6.28. The Morgan fingerprint density at radius 2 is 1.22 bits per heavy atom. The van der Waals surface area contributed by atoms with Gasteiger partial charge in [0.1, 0.15) is 11.2 Å². The molecule has 1 aromatic heterocycles. The van der Waals surface area contributed by atoms with E-state index < -0.39 is 0 Å². The van der Waals surface area contributed by atoms with Crippen LogP contribution in [-0.2, 0) is 11.8 Å². The van der Waals surface area contributed by atoms with Gasteiger partial charge in [-0.05, 0) is 134 Å². The molecular formula is C53H44O. The third-order valence-electron chi connectivity index (χ3n) is 12.7. The maximum absolute atomic E-state index is 6.28. The van der Waals surface area contributed by atoms with Crippen LogP contribution in [0, 0.1) is 13.8 Å². The van der Waals surface area contributed by atoms with E-state index in [-0.39, 0.29) is 17.3 Å². The average molecular weight is 697 g/mol. The molecule has 0 bridgehead atoms. The Bertz CT molecular complexity index is 2930. The van der Waals surface area contributed by atoms with Crippen LogP contribution in [0.3, 0.4) is 0 Å². The van der Waals surface area contributed by atoms with Gasteiger partial charge in [-0.3, -0.25) is 0 Å². The highest BCUT2D eigenvalue weighted by atomic mass is 16.3. The molecule has 0 fully saturated rings. The van der Waals surface area contributed by atoms with Crippen molar-refractivity contribution in [2.75, 3.05) is 0 Å². The van der Waals surface area contributed by atoms with Crippen LogP contribution in [-0.4, -0.2) is 0 Å². The van der Waals surface area contributed by atoms with Gasteiger partial charge >= 0.3 is 0 Å². The molecule has 2 unspecified atom stereocenters. The first-order valence-electron chi connectivity index (χ1n) is 19.4. The Balaban J connectivity index is 1.12. The zero-order valence-electron chi connectivity index (χ0n) is 31.7. The van der Waals surface area contributed by atoms with Crippen molar-refractivity contribution in [3.8, 4) is 22.3 Å². The summed E-state index contributed by atoms with van der Waals surface area (Å²) in [6.07, 6.45) is 0.968. The summed E-state index contributed by atoms with van der Waals surface area (Å²) in [5.74, 6) is 0.542. The normalized spacial score (nSPS) is 14.5. The van der Waals surface area contributed by atoms with Crippen LogP contribution in [0.25, 0.3) is 65.7 Å². The van der Waals surface area contributed by atoms with E-state index in [0.717, 1.165) is 17.6 Å². The van der Waals surface area contributed by atoms with Crippen molar-refractivity contribution < 1.29 is 4.42 Å². The van der Waals surface area contributed by atoms with Crippen molar-refractivity contribution >= 4 is 43.5 Å². The highest BCUT2D eigenvalue weighted by Crippen LogP contribution is 2.54. The number of furan rings is 1. The lowest BCUT2D eigenvalue weighted by Gasteiger charge is -2.28. The van der Waals surface area contributed by atoms with Gasteiger partial charge in [-0.2, -0.15) is 0 Å². The predicted molar refractivity (Wildman–Crippen MR) is 229 cm³/mol. The minimum absolute atomic E-state index is 0.166. The molecule has 0 spiro atoms. The summed E-state index contributed by atoms with van der Waals surface area (Å²) in [6, 6.07) is 56.7. The summed E-state index contributed by atoms with van der Waals surface area (Å²) in [4.78, 5) is 0. The Kier molecular flexibility index (Phi) is 7.46. The van der Waals surface area contributed by atoms with Crippen molar-refractivity contribution in [1.82, 2.24) is 0 Å². The lowest BCUT2D eigenvalue weighted by atomic mass is 9.75. The Hall–Kier alpha value is -5.92. The Morgan fingerprint density at radius 3 is 2.07 bits per heavy atom. The maximum Gasteiger partial charge on any atom is 0.135 e. The number of hydrogen-bond acceptors (Lipinski definition) is 1. The second-order valence-corrected chi connectivity index (χ2v) is 16.2. The summed E-state index contributed by atoms with van der Waals surface area (Å²) in [5.41, 5.74) is 16.8. The molecule has 0 radical (unpaired) electrons. The van der Waals surface area contributed by atoms with Crippen LogP contribution in [0.2, 0.25) is 0 Å². The van der Waals surface area contributed by atoms with E-state index >= 15 is 0 Å². The molecule has 1 aliphatic rings. The molecule has 0 aliphatic heterocycles. The molecule has 8 aromatic carbocycles. The van der Waals surface area contributed by atoms with Crippen molar-refractivity contribution in [2.45, 2.75) is 58.3 Å². The van der Waals surface area contributed by atoms with Gasteiger partial charge < -0.3 is 4.42 Å². The van der Waals surface area contributed by atoms with Gasteiger partial charge in [0.25, 0.3) is 0 Å². The molecule has 1 heteroatoms. The number of benzene rings is 8. The maximum atomic E-state index is 6.28. The first-order valence-corrected chi connectivity index (χ1v) is 19.4. The number of aryl methyl sites for hydroxylation is 2. The van der Waals surface area contributed by atoms with Gasteiger partial charge in [-0.25, -0.2) is 0 Å². The first kappa shape index (κ1) is 32.7. The zero-order valence-corrected chi connectivity index (χ0v) is 31.7. The Labute approximate surface area is 317 Å². The molecule has 1 heterocycles. The standard InChI is InChI=1S/C53H44O/c1-32-21-22-33(2)38(27-32)29-45(37-24-26-51-47(28-37)42-17-10-11-20-50(42)54-51)34(3)36-23-25-44-48(30-36)53(4,5)49-31-46(41-16-8-9-18-43(41)52(44)49)40-19-12-14-35-13-6-7-15-39(35)40/h6-28,30-31,34,45H,29H2,1-5H3. The van der Waals surface area contributed by atoms with E-state index in [2.05, 4.69) is 186 Å². The number of fused-ring (bicyclic) bond motifs is 9. The van der Waals surface area contributed by atoms with Crippen molar-refractivity contribution in [3.05, 3.63) is 191 Å². The summed E-state index contributed by atoms with van der Waals surface area (Å²) in [7, 11) is 0. The van der Waals surface area contributed by atoms with Crippen LogP contribution >= 0.6 is 0 Å². The van der Waals surface area contributed by atoms with E-state index in [4.69, 9.17) is 4.42 Å². The monoisotopic (exact) mass is 696 g/mol. The molecule has 2 atom stereocenters. The van der Waals surface area contributed by atoms with Crippen molar-refractivity contribution in [1.29, 1.82) is 0 Å². The molecule has 1 nitrogen and oxygen atoms in total. The van der Waals surface area contributed by atoms with Crippen LogP contribution in [0.1, 0.15) is 71.6 Å². The molecule has 9 aromatic rings. The topological polar surface area (TPSA) is 13.1 Å². The molecular weight excluding hydrogens is 653 g/mol. The van der Waals surface area contributed by atoms with Gasteiger partial charge in [0.15, 0.2) is 0 Å². The highest BCUT2D eigenvalue weighted by molar-refractivity contribution is 6.12. The summed E-state index contributed by atoms with van der Waals surface area (Å²) in [6.45, 7) is 11.8. The van der Waals surface area contributed by atoms with E-state index in [1.807, 2.05) is 0 Å². The predicted octanol–water partition coefficient (Wildman–Crippen LogP) is 14.6. The minimum atomic E-state index is -0.166. The molecule has 54 heavy (non-hydrogen) atoms. The fourth-order valence-electron chi connectivity index (χ4n) is 9.61. The molecule has 1 aliphatic carbocycles. The van der Waals surface area contributed by atoms with Gasteiger partial charge in [0.05, 0.1) is 0 Å². The van der Waals surface area contributed by atoms with E-state index in [9.17, 15) is 0 Å². The van der Waals surface area contributed by atoms with Crippen LogP contribution in [0.15, 0.2) is 156 Å². The fourth-order valence-corrected chi connectivity index (χ4v) is 9.61. The second-order valence-electron chi connectivity index (χ2n) is 16.2. The summed E-state index contributed by atoms with van der Waals surface area (Å²) in [5, 5.41) is 7.59. The van der Waals surface area contributed by atoms with E-state index in [0.29, 0.717) is 0 Å². The molecule has 0 saturated carbocycles. The fraction of sp³-hybridized carbons (Fsp3) is 0.170. The summed E-state index contributed by atoms with van der Waals surface area (Å²) >= 11 is 0. The third-order valence-corrected chi connectivity index (χ3v) is 12.7. The van der Waals surface area contributed by atoms with Gasteiger partial charge in [0.2, 0.25) is 0 Å². The van der Waals surface area contributed by atoms with Crippen molar-refractivity contribution in [3.63, 3.8) is 0 Å². The van der Waals surface area contributed by atoms with E-state index in [1.54, 1.807) is 0 Å². The lowest BCUT2D eigenvalue weighted by Crippen LogP contribution is -2.17. The third kappa shape index (κ3) is 5.06. The van der Waals surface area contributed by atoms with Crippen molar-refractivity contribution in [2.24, 2.45) is 0 Å². The van der Waals surface area contributed by atoms with Crippen LogP contribution < -0.4 is 0 Å². The van der Waals surface area contributed by atoms with Gasteiger partial charge in [0, 0.05) is 16.2 Å². The SMILES string of the molecule is Cc1ccc(C)c(CC(c2ccc3oc4ccccc4c3c2)C(C)c2ccc3c(c2)C(C)(C)c2cc(-c4cccc5ccccc45)c4ccccc4c2-3)c1. The van der Waals surface area contributed by atoms with Crippen LogP contribution in [0.4, 0.5) is 0 Å². The number of para-hydroxylation sites is 1. The smallest absolute Gasteiger partial charge is 0.135 e. The van der Waals surface area contributed by atoms with Gasteiger partial charge in [-0.15, -0.1) is 0 Å². The number of rotatable bonds is 6. The largest absolute Gasteiger partial charge is 0.456 e. The quantitative estimate of drug-likeness (QED) is 0.169. The van der Waals surface area contributed by atoms with Crippen LogP contribution in [0.5, 0.6) is 0 Å². The molecule has 0 saturated heterocycles. The average Bonchev–Trinajstić information content (AvgIpc) is 3.68. The lowest BCUT2D eigenvalue weighted by molar-refractivity contribution is 0.568. The minimum Gasteiger partial charge on any atom is -0.456 e. The Morgan fingerprint density at radius 1 is 0.519 bits per heavy atom. The van der Waals surface area contributed by atoms with E-state index in [1.165, 1.54) is 93.5 Å². The highest BCUT2D eigenvalue weighted by Gasteiger charge is 2.38. The molecule has 262 valence electrons. The molecule has 0 N–H and O–H groups in total. The number of hydrogen-bond donors (Lipinski definition) is 0. The molecule has 10 rings (SSSR count).